The van der Waals surface area contributed by atoms with Crippen molar-refractivity contribution in [1.29, 1.82) is 0 Å². The second-order valence-electron chi connectivity index (χ2n) is 6.32. The highest BCUT2D eigenvalue weighted by molar-refractivity contribution is 6.10. The first-order valence-electron chi connectivity index (χ1n) is 9.21. The minimum absolute atomic E-state index is 0.300. The minimum atomic E-state index is -0.300. The smallest absolute Gasteiger partial charge is 0.323 e. The topological polar surface area (TPSA) is 66.2 Å². The second-order valence-corrected chi connectivity index (χ2v) is 6.32. The first-order valence-corrected chi connectivity index (χ1v) is 9.21. The van der Waals surface area contributed by atoms with E-state index in [1.807, 2.05) is 85.8 Å². The molecule has 0 aliphatic rings. The van der Waals surface area contributed by atoms with E-state index in [-0.39, 0.29) is 6.03 Å². The highest BCUT2D eigenvalue weighted by Crippen LogP contribution is 2.35. The quantitative estimate of drug-likeness (QED) is 0.410. The molecule has 2 amide bonds. The van der Waals surface area contributed by atoms with Crippen LogP contribution < -0.4 is 15.4 Å². The van der Waals surface area contributed by atoms with Crippen LogP contribution in [0.25, 0.3) is 22.2 Å². The Kier molecular flexibility index (Phi) is 4.97. The average molecular weight is 371 g/mol. The van der Waals surface area contributed by atoms with E-state index >= 15 is 0 Å². The zero-order chi connectivity index (χ0) is 19.3. The number of amides is 2. The van der Waals surface area contributed by atoms with Crippen LogP contribution in [0.4, 0.5) is 16.2 Å². The molecule has 1 aromatic heterocycles. The van der Waals surface area contributed by atoms with E-state index in [2.05, 4.69) is 15.6 Å². The number of urea groups is 1. The molecular weight excluding hydrogens is 350 g/mol. The number of hydrogen-bond acceptors (Lipinski definition) is 2. The van der Waals surface area contributed by atoms with Crippen molar-refractivity contribution < 1.29 is 9.53 Å². The van der Waals surface area contributed by atoms with Crippen molar-refractivity contribution in [1.82, 2.24) is 4.98 Å². The van der Waals surface area contributed by atoms with E-state index in [1.165, 1.54) is 0 Å². The van der Waals surface area contributed by atoms with Gasteiger partial charge in [-0.2, -0.15) is 0 Å². The number of para-hydroxylation sites is 1. The van der Waals surface area contributed by atoms with Crippen LogP contribution in [-0.2, 0) is 0 Å². The fourth-order valence-corrected chi connectivity index (χ4v) is 3.17. The van der Waals surface area contributed by atoms with Crippen molar-refractivity contribution >= 4 is 28.3 Å². The third-order valence-corrected chi connectivity index (χ3v) is 4.43. The Hall–Kier alpha value is -3.73. The fourth-order valence-electron chi connectivity index (χ4n) is 3.17. The van der Waals surface area contributed by atoms with Crippen molar-refractivity contribution in [2.45, 2.75) is 6.92 Å². The van der Waals surface area contributed by atoms with Gasteiger partial charge in [0, 0.05) is 22.2 Å². The summed E-state index contributed by atoms with van der Waals surface area (Å²) in [5.74, 6) is 0.774. The molecule has 0 spiro atoms. The van der Waals surface area contributed by atoms with Crippen molar-refractivity contribution in [3.05, 3.63) is 78.9 Å². The number of aromatic amines is 1. The lowest BCUT2D eigenvalue weighted by molar-refractivity contribution is 0.262. The Balaban J connectivity index is 1.61. The maximum Gasteiger partial charge on any atom is 0.323 e. The molecule has 0 unspecified atom stereocenters. The molecule has 5 heteroatoms. The molecular formula is C23H21N3O2. The van der Waals surface area contributed by atoms with Gasteiger partial charge in [-0.1, -0.05) is 48.5 Å². The van der Waals surface area contributed by atoms with E-state index < -0.39 is 0 Å². The van der Waals surface area contributed by atoms with E-state index in [1.54, 1.807) is 0 Å². The van der Waals surface area contributed by atoms with Gasteiger partial charge in [-0.05, 0) is 37.3 Å². The van der Waals surface area contributed by atoms with E-state index in [9.17, 15) is 4.79 Å². The molecule has 3 N–H and O–H groups in total. The molecule has 0 fully saturated rings. The number of hydrogen-bond donors (Lipinski definition) is 3. The van der Waals surface area contributed by atoms with E-state index in [4.69, 9.17) is 4.74 Å². The number of carbonyl (C=O) groups is 1. The number of carbonyl (C=O) groups excluding carboxylic acids is 1. The molecule has 140 valence electrons. The molecule has 0 aliphatic carbocycles. The van der Waals surface area contributed by atoms with Crippen LogP contribution in [0.2, 0.25) is 0 Å². The van der Waals surface area contributed by atoms with Gasteiger partial charge in [0.25, 0.3) is 0 Å². The van der Waals surface area contributed by atoms with Crippen molar-refractivity contribution in [2.75, 3.05) is 17.2 Å². The molecule has 5 nitrogen and oxygen atoms in total. The Labute approximate surface area is 163 Å². The Morgan fingerprint density at radius 1 is 0.893 bits per heavy atom. The molecule has 3 aromatic carbocycles. The van der Waals surface area contributed by atoms with Gasteiger partial charge in [0.05, 0.1) is 18.0 Å². The summed E-state index contributed by atoms with van der Waals surface area (Å²) < 4.78 is 5.43. The molecule has 0 saturated carbocycles. The maximum atomic E-state index is 12.7. The number of rotatable bonds is 5. The molecule has 1 heterocycles. The van der Waals surface area contributed by atoms with Gasteiger partial charge in [0.15, 0.2) is 0 Å². The first kappa shape index (κ1) is 17.7. The monoisotopic (exact) mass is 371 g/mol. The zero-order valence-corrected chi connectivity index (χ0v) is 15.5. The summed E-state index contributed by atoms with van der Waals surface area (Å²) in [7, 11) is 0. The third kappa shape index (κ3) is 3.69. The van der Waals surface area contributed by atoms with Crippen molar-refractivity contribution in [2.24, 2.45) is 0 Å². The standard InChI is InChI=1S/C23H21N3O2/c1-2-28-18-14-12-17(13-15-18)24-23(27)26-22-19-10-6-7-11-20(19)25-21(22)16-8-4-3-5-9-16/h3-15,25H,2H2,1H3,(H2,24,26,27). The van der Waals surface area contributed by atoms with Gasteiger partial charge in [0.2, 0.25) is 0 Å². The SMILES string of the molecule is CCOc1ccc(NC(=O)Nc2c(-c3ccccc3)[nH]c3ccccc23)cc1. The van der Waals surface area contributed by atoms with Crippen LogP contribution >= 0.6 is 0 Å². The van der Waals surface area contributed by atoms with Gasteiger partial charge in [-0.3, -0.25) is 0 Å². The zero-order valence-electron chi connectivity index (χ0n) is 15.5. The summed E-state index contributed by atoms with van der Waals surface area (Å²) in [4.78, 5) is 16.1. The third-order valence-electron chi connectivity index (χ3n) is 4.43. The summed E-state index contributed by atoms with van der Waals surface area (Å²) in [5.41, 5.74) is 4.31. The Bertz CT molecular complexity index is 1090. The predicted octanol–water partition coefficient (Wildman–Crippen LogP) is 5.88. The summed E-state index contributed by atoms with van der Waals surface area (Å²) in [6.45, 7) is 2.54. The van der Waals surface area contributed by atoms with Crippen molar-refractivity contribution in [3.63, 3.8) is 0 Å². The van der Waals surface area contributed by atoms with Crippen molar-refractivity contribution in [3.8, 4) is 17.0 Å². The largest absolute Gasteiger partial charge is 0.494 e. The van der Waals surface area contributed by atoms with E-state index in [0.29, 0.717) is 12.3 Å². The second kappa shape index (κ2) is 7.88. The minimum Gasteiger partial charge on any atom is -0.494 e. The number of benzene rings is 3. The fraction of sp³-hybridized carbons (Fsp3) is 0.0870. The summed E-state index contributed by atoms with van der Waals surface area (Å²) in [5, 5.41) is 6.84. The number of aromatic nitrogens is 1. The molecule has 4 rings (SSSR count). The van der Waals surface area contributed by atoms with Gasteiger partial charge < -0.3 is 20.4 Å². The molecule has 0 radical (unpaired) electrons. The van der Waals surface area contributed by atoms with Crippen LogP contribution in [0, 0.1) is 0 Å². The van der Waals surface area contributed by atoms with Crippen LogP contribution in [0.1, 0.15) is 6.92 Å². The normalized spacial score (nSPS) is 10.6. The number of fused-ring (bicyclic) bond motifs is 1. The molecule has 0 atom stereocenters. The highest BCUT2D eigenvalue weighted by atomic mass is 16.5. The van der Waals surface area contributed by atoms with Gasteiger partial charge in [0.1, 0.15) is 5.75 Å². The number of ether oxygens (including phenoxy) is 1. The number of nitrogens with one attached hydrogen (secondary N) is 3. The van der Waals surface area contributed by atoms with E-state index in [0.717, 1.165) is 33.6 Å². The lowest BCUT2D eigenvalue weighted by atomic mass is 10.1. The molecule has 0 saturated heterocycles. The van der Waals surface area contributed by atoms with Gasteiger partial charge in [-0.25, -0.2) is 4.79 Å². The maximum absolute atomic E-state index is 12.7. The number of H-pyrrole nitrogens is 1. The lowest BCUT2D eigenvalue weighted by Crippen LogP contribution is -2.19. The molecule has 28 heavy (non-hydrogen) atoms. The summed E-state index contributed by atoms with van der Waals surface area (Å²) in [6, 6.07) is 24.9. The van der Waals surface area contributed by atoms with Gasteiger partial charge >= 0.3 is 6.03 Å². The summed E-state index contributed by atoms with van der Waals surface area (Å²) in [6.07, 6.45) is 0. The van der Waals surface area contributed by atoms with Gasteiger partial charge in [-0.15, -0.1) is 0 Å². The number of anilines is 2. The van der Waals surface area contributed by atoms with Crippen LogP contribution in [0.5, 0.6) is 5.75 Å². The average Bonchev–Trinajstić information content (AvgIpc) is 3.09. The Morgan fingerprint density at radius 2 is 1.61 bits per heavy atom. The van der Waals surface area contributed by atoms with Crippen LogP contribution in [0.15, 0.2) is 78.9 Å². The predicted molar refractivity (Wildman–Crippen MR) is 114 cm³/mol. The van der Waals surface area contributed by atoms with Crippen LogP contribution in [-0.4, -0.2) is 17.6 Å². The summed E-state index contributed by atoms with van der Waals surface area (Å²) >= 11 is 0. The molecule has 4 aromatic rings. The lowest BCUT2D eigenvalue weighted by Gasteiger charge is -2.10. The van der Waals surface area contributed by atoms with Crippen LogP contribution in [0.3, 0.4) is 0 Å². The first-order chi connectivity index (χ1) is 13.7. The molecule has 0 aliphatic heterocycles. The Morgan fingerprint density at radius 3 is 2.36 bits per heavy atom. The highest BCUT2D eigenvalue weighted by Gasteiger charge is 2.15. The molecule has 0 bridgehead atoms.